The Bertz CT molecular complexity index is 8.00. The molecule has 0 amide bonds. The number of hydrogen-bond acceptors (Lipinski definition) is 0. The summed E-state index contributed by atoms with van der Waals surface area (Å²) < 4.78 is 0. The monoisotopic (exact) mass is 203 g/mol. The Hall–Kier alpha value is 2.05. The molecule has 0 fully saturated rings. The molecule has 0 aromatic carbocycles. The van der Waals surface area contributed by atoms with Crippen LogP contribution in [0, 0.1) is 0 Å². The van der Waals surface area contributed by atoms with E-state index in [1.807, 2.05) is 0 Å². The van der Waals surface area contributed by atoms with Crippen LogP contribution in [0.5, 0.6) is 0 Å². The Balaban J connectivity index is 0. The van der Waals surface area contributed by atoms with Crippen LogP contribution in [-0.4, -0.2) is 17.4 Å². The van der Waals surface area contributed by atoms with Crippen LogP contribution in [0.2, 0.25) is 0 Å². The largest absolute Gasteiger partial charge is 0.187 e. The van der Waals surface area contributed by atoms with Gasteiger partial charge in [0.1, 0.15) is 0 Å². The van der Waals surface area contributed by atoms with Gasteiger partial charge in [-0.3, -0.25) is 0 Å². The van der Waals surface area contributed by atoms with Gasteiger partial charge in [-0.2, -0.15) is 0 Å². The fourth-order valence-electron chi connectivity index (χ4n) is 0. The smallest absolute Gasteiger partial charge is 0 e. The Labute approximate surface area is 67.2 Å². The van der Waals surface area contributed by atoms with Crippen molar-refractivity contribution in [3.8, 4) is 0 Å². The molecule has 0 aromatic heterocycles. The molecular weight excluding hydrogens is 200 g/mol. The molecule has 0 bridgehead atoms. The van der Waals surface area contributed by atoms with E-state index in [1.54, 1.807) is 0 Å². The molecule has 0 unspecified atom stereocenters. The minimum Gasteiger partial charge on any atom is 0 e. The van der Waals surface area contributed by atoms with Gasteiger partial charge in [0.2, 0.25) is 0 Å². The van der Waals surface area contributed by atoms with E-state index < -0.39 is 0 Å². The average Bonchev–Trinajstić information content (AvgIpc) is 0. The zero-order valence-corrected chi connectivity index (χ0v) is 4.14. The van der Waals surface area contributed by atoms with E-state index in [0.717, 1.165) is 0 Å². The Morgan fingerprint density at radius 2 is 1.00 bits per heavy atom. The van der Waals surface area contributed by atoms with E-state index >= 15 is 0 Å². The Morgan fingerprint density at radius 1 is 1.00 bits per heavy atom. The minimum atomic E-state index is 0. The molecule has 4 heteroatoms. The van der Waals surface area contributed by atoms with Crippen LogP contribution in [0.4, 0.5) is 0 Å². The van der Waals surface area contributed by atoms with Gasteiger partial charge in [0.25, 0.3) is 0 Å². The molecule has 0 heterocycles. The van der Waals surface area contributed by atoms with Crippen molar-refractivity contribution < 1.29 is 50.3 Å². The molecule has 0 aliphatic rings. The first kappa shape index (κ1) is 36.7. The molecule has 0 saturated carbocycles. The molecule has 0 aromatic rings. The maximum absolute atomic E-state index is 0. The van der Waals surface area contributed by atoms with Gasteiger partial charge in [0.15, 0.2) is 17.4 Å². The second-order valence-corrected chi connectivity index (χ2v) is 0. The summed E-state index contributed by atoms with van der Waals surface area (Å²) in [6.45, 7) is 0. The standard InChI is InChI=1S/Al.Co.Fe.Ni.3H. The first-order chi connectivity index (χ1) is 0. The maximum Gasteiger partial charge on any atom is 0.187 e. The van der Waals surface area contributed by atoms with Gasteiger partial charge in [0.05, 0.1) is 0 Å². The summed E-state index contributed by atoms with van der Waals surface area (Å²) in [6.07, 6.45) is 0. The van der Waals surface area contributed by atoms with Crippen molar-refractivity contribution in [2.45, 2.75) is 0 Å². The van der Waals surface area contributed by atoms with Crippen LogP contribution in [0.15, 0.2) is 0 Å². The predicted octanol–water partition coefficient (Wildman–Crippen LogP) is -1.19. The topological polar surface area (TPSA) is 0 Å². The van der Waals surface area contributed by atoms with Crippen LogP contribution in [0.1, 0.15) is 0 Å². The molecule has 33 valence electrons. The van der Waals surface area contributed by atoms with E-state index in [-0.39, 0.29) is 67.7 Å². The fraction of sp³-hybridized carbons (Fsp3) is 0. The molecule has 0 spiro atoms. The van der Waals surface area contributed by atoms with Crippen molar-refractivity contribution in [2.24, 2.45) is 0 Å². The van der Waals surface area contributed by atoms with Gasteiger partial charge in [-0.15, -0.1) is 0 Å². The van der Waals surface area contributed by atoms with Crippen molar-refractivity contribution in [1.29, 1.82) is 0 Å². The van der Waals surface area contributed by atoms with Crippen molar-refractivity contribution in [1.82, 2.24) is 0 Å². The normalized spacial score (nSPS) is 0. The molecule has 4 heavy (non-hydrogen) atoms. The zero-order chi connectivity index (χ0) is 0. The van der Waals surface area contributed by atoms with Crippen molar-refractivity contribution in [2.75, 3.05) is 0 Å². The molecule has 0 rings (SSSR count). The van der Waals surface area contributed by atoms with E-state index in [4.69, 9.17) is 0 Å². The van der Waals surface area contributed by atoms with Crippen LogP contribution < -0.4 is 0 Å². The molecule has 1 radical (unpaired) electrons. The van der Waals surface area contributed by atoms with Gasteiger partial charge < -0.3 is 0 Å². The minimum absolute atomic E-state index is 0. The van der Waals surface area contributed by atoms with E-state index in [2.05, 4.69) is 0 Å². The van der Waals surface area contributed by atoms with Crippen LogP contribution >= 0.6 is 0 Å². The van der Waals surface area contributed by atoms with E-state index in [1.165, 1.54) is 0 Å². The molecule has 0 aliphatic carbocycles. The summed E-state index contributed by atoms with van der Waals surface area (Å²) in [7, 11) is 0. The summed E-state index contributed by atoms with van der Waals surface area (Å²) in [4.78, 5) is 0. The molecular formula is H3AlCoFeNi. The summed E-state index contributed by atoms with van der Waals surface area (Å²) in [5.41, 5.74) is 0. The molecule has 0 atom stereocenters. The van der Waals surface area contributed by atoms with Crippen LogP contribution in [0.3, 0.4) is 0 Å². The first-order valence-electron chi connectivity index (χ1n) is 0. The molecule has 0 saturated heterocycles. The van der Waals surface area contributed by atoms with E-state index in [0.29, 0.717) is 0 Å². The third-order valence-electron chi connectivity index (χ3n) is 0. The summed E-state index contributed by atoms with van der Waals surface area (Å²) in [6, 6.07) is 0. The second-order valence-electron chi connectivity index (χ2n) is 0. The van der Waals surface area contributed by atoms with Crippen molar-refractivity contribution in [3.05, 3.63) is 0 Å². The third kappa shape index (κ3) is 8.96. The Morgan fingerprint density at radius 3 is 1.00 bits per heavy atom. The van der Waals surface area contributed by atoms with Crippen molar-refractivity contribution in [3.63, 3.8) is 0 Å². The summed E-state index contributed by atoms with van der Waals surface area (Å²) in [5.74, 6) is 0. The number of hydrogen-bond donors (Lipinski definition) is 0. The predicted molar refractivity (Wildman–Crippen MR) is 9.94 cm³/mol. The summed E-state index contributed by atoms with van der Waals surface area (Å²) >= 11 is 0. The van der Waals surface area contributed by atoms with Crippen molar-refractivity contribution >= 4 is 17.4 Å². The molecule has 0 N–H and O–H groups in total. The van der Waals surface area contributed by atoms with Gasteiger partial charge in [-0.05, 0) is 0 Å². The molecule has 0 aliphatic heterocycles. The van der Waals surface area contributed by atoms with Crippen LogP contribution in [0.25, 0.3) is 0 Å². The Kier molecular flexibility index (Phi) is 181. The van der Waals surface area contributed by atoms with Gasteiger partial charge >= 0.3 is 0 Å². The number of rotatable bonds is 0. The molecule has 0 nitrogen and oxygen atoms in total. The zero-order valence-electron chi connectivity index (χ0n) is 1.00. The fourth-order valence-corrected chi connectivity index (χ4v) is 0. The van der Waals surface area contributed by atoms with E-state index in [9.17, 15) is 0 Å². The van der Waals surface area contributed by atoms with Gasteiger partial charge in [-0.1, -0.05) is 0 Å². The quantitative estimate of drug-likeness (QED) is 0.434. The first-order valence-corrected chi connectivity index (χ1v) is 0. The summed E-state index contributed by atoms with van der Waals surface area (Å²) in [5, 5.41) is 0. The average molecular weight is 203 g/mol. The van der Waals surface area contributed by atoms with Gasteiger partial charge in [-0.25, -0.2) is 0 Å². The van der Waals surface area contributed by atoms with Gasteiger partial charge in [0, 0.05) is 50.3 Å². The van der Waals surface area contributed by atoms with Crippen LogP contribution in [-0.2, 0) is 50.3 Å². The second kappa shape index (κ2) is 19.7. The SMILES string of the molecule is [AlH3].[Co].[Fe].[Ni]. The third-order valence-corrected chi connectivity index (χ3v) is 0. The maximum atomic E-state index is 0.